The summed E-state index contributed by atoms with van der Waals surface area (Å²) < 4.78 is 0. The van der Waals surface area contributed by atoms with Gasteiger partial charge in [-0.2, -0.15) is 0 Å². The number of hydrogen-bond acceptors (Lipinski definition) is 1. The zero-order valence-electron chi connectivity index (χ0n) is 18.9. The van der Waals surface area contributed by atoms with Gasteiger partial charge in [-0.15, -0.1) is 0 Å². The summed E-state index contributed by atoms with van der Waals surface area (Å²) in [5.74, 6) is 1.35. The Morgan fingerprint density at radius 2 is 1.89 bits per heavy atom. The van der Waals surface area contributed by atoms with Gasteiger partial charge in [0.2, 0.25) is 0 Å². The van der Waals surface area contributed by atoms with Gasteiger partial charge in [0.15, 0.2) is 0 Å². The first-order valence-electron chi connectivity index (χ1n) is 11.0. The summed E-state index contributed by atoms with van der Waals surface area (Å²) >= 11 is 0. The number of allylic oxidation sites excluding steroid dienone is 8. The van der Waals surface area contributed by atoms with Crippen LogP contribution in [0.5, 0.6) is 0 Å². The van der Waals surface area contributed by atoms with E-state index in [0.717, 1.165) is 25.0 Å². The van der Waals surface area contributed by atoms with Gasteiger partial charge in [0.05, 0.1) is 0 Å². The Labute approximate surface area is 169 Å². The molecule has 0 fully saturated rings. The summed E-state index contributed by atoms with van der Waals surface area (Å²) in [6.07, 6.45) is 19.3. The molecule has 0 saturated heterocycles. The highest BCUT2D eigenvalue weighted by Gasteiger charge is 2.18. The van der Waals surface area contributed by atoms with Gasteiger partial charge in [-0.3, -0.25) is 0 Å². The zero-order valence-corrected chi connectivity index (χ0v) is 18.9. The van der Waals surface area contributed by atoms with Gasteiger partial charge in [-0.05, 0) is 48.7 Å². The van der Waals surface area contributed by atoms with Crippen molar-refractivity contribution in [3.8, 4) is 0 Å². The molecule has 1 heteroatoms. The quantitative estimate of drug-likeness (QED) is 0.367. The fraction of sp³-hybridized carbons (Fsp3) is 0.615. The lowest BCUT2D eigenvalue weighted by atomic mass is 9.87. The molecule has 0 aromatic carbocycles. The first-order chi connectivity index (χ1) is 12.7. The highest BCUT2D eigenvalue weighted by molar-refractivity contribution is 5.35. The largest absolute Gasteiger partial charge is 0.382 e. The van der Waals surface area contributed by atoms with Gasteiger partial charge in [0, 0.05) is 17.2 Å². The van der Waals surface area contributed by atoms with Crippen molar-refractivity contribution in [3.63, 3.8) is 0 Å². The number of hydrogen-bond donors (Lipinski definition) is 1. The summed E-state index contributed by atoms with van der Waals surface area (Å²) in [5.41, 5.74) is 3.99. The molecule has 1 aliphatic rings. The third-order valence-corrected chi connectivity index (χ3v) is 6.00. The summed E-state index contributed by atoms with van der Waals surface area (Å²) in [6, 6.07) is 0.502. The van der Waals surface area contributed by atoms with Crippen LogP contribution in [0.25, 0.3) is 0 Å². The van der Waals surface area contributed by atoms with Crippen LogP contribution in [-0.4, -0.2) is 6.04 Å². The maximum atomic E-state index is 4.38. The van der Waals surface area contributed by atoms with Crippen LogP contribution in [0.4, 0.5) is 0 Å². The molecule has 152 valence electrons. The lowest BCUT2D eigenvalue weighted by Crippen LogP contribution is -2.35. The van der Waals surface area contributed by atoms with Gasteiger partial charge in [0.25, 0.3) is 0 Å². The molecule has 0 radical (unpaired) electrons. The van der Waals surface area contributed by atoms with E-state index in [1.807, 2.05) is 0 Å². The van der Waals surface area contributed by atoms with Crippen molar-refractivity contribution in [1.29, 1.82) is 0 Å². The highest BCUT2D eigenvalue weighted by atomic mass is 14.9. The second-order valence-electron chi connectivity index (χ2n) is 8.82. The Morgan fingerprint density at radius 1 is 1.19 bits per heavy atom. The van der Waals surface area contributed by atoms with Crippen LogP contribution in [0.1, 0.15) is 80.6 Å². The van der Waals surface area contributed by atoms with Crippen molar-refractivity contribution in [3.05, 3.63) is 59.9 Å². The average Bonchev–Trinajstić information content (AvgIpc) is 2.83. The summed E-state index contributed by atoms with van der Waals surface area (Å²) in [5, 5.41) is 3.76. The van der Waals surface area contributed by atoms with E-state index < -0.39 is 0 Å². The van der Waals surface area contributed by atoms with Crippen LogP contribution in [0.15, 0.2) is 59.9 Å². The molecule has 1 nitrogen and oxygen atoms in total. The van der Waals surface area contributed by atoms with E-state index in [1.165, 1.54) is 24.0 Å². The van der Waals surface area contributed by atoms with Crippen LogP contribution in [-0.2, 0) is 0 Å². The first kappa shape index (κ1) is 23.5. The summed E-state index contributed by atoms with van der Waals surface area (Å²) in [7, 11) is 0. The second kappa shape index (κ2) is 11.4. The van der Waals surface area contributed by atoms with E-state index in [-0.39, 0.29) is 5.41 Å². The molecule has 3 unspecified atom stereocenters. The number of nitrogens with one attached hydrogen (secondary N) is 1. The molecular weight excluding hydrogens is 326 g/mol. The number of rotatable bonds is 11. The minimum atomic E-state index is 0.182. The topological polar surface area (TPSA) is 12.0 Å². The molecule has 0 saturated carbocycles. The van der Waals surface area contributed by atoms with Gasteiger partial charge in [-0.1, -0.05) is 97.9 Å². The van der Waals surface area contributed by atoms with Gasteiger partial charge in [0.1, 0.15) is 0 Å². The Bertz CT molecular complexity index is 587. The summed E-state index contributed by atoms with van der Waals surface area (Å²) in [4.78, 5) is 0. The van der Waals surface area contributed by atoms with Crippen LogP contribution >= 0.6 is 0 Å². The minimum Gasteiger partial charge on any atom is -0.382 e. The van der Waals surface area contributed by atoms with Gasteiger partial charge in [-0.25, -0.2) is 0 Å². The molecule has 0 heterocycles. The maximum Gasteiger partial charge on any atom is 0.0298 e. The predicted molar refractivity (Wildman–Crippen MR) is 123 cm³/mol. The van der Waals surface area contributed by atoms with Crippen LogP contribution in [0.3, 0.4) is 0 Å². The van der Waals surface area contributed by atoms with Crippen LogP contribution < -0.4 is 5.32 Å². The van der Waals surface area contributed by atoms with Crippen molar-refractivity contribution in [1.82, 2.24) is 5.32 Å². The van der Waals surface area contributed by atoms with E-state index in [2.05, 4.69) is 96.8 Å². The van der Waals surface area contributed by atoms with E-state index in [4.69, 9.17) is 0 Å². The normalized spacial score (nSPS) is 22.4. The van der Waals surface area contributed by atoms with E-state index in [1.54, 1.807) is 0 Å². The minimum absolute atomic E-state index is 0.182. The maximum absolute atomic E-state index is 4.38. The average molecular weight is 370 g/mol. The van der Waals surface area contributed by atoms with Gasteiger partial charge < -0.3 is 5.32 Å². The Morgan fingerprint density at radius 3 is 2.44 bits per heavy atom. The van der Waals surface area contributed by atoms with Crippen LogP contribution in [0.2, 0.25) is 0 Å². The lowest BCUT2D eigenvalue weighted by Gasteiger charge is -2.28. The molecule has 1 N–H and O–H groups in total. The van der Waals surface area contributed by atoms with Crippen LogP contribution in [0, 0.1) is 17.3 Å². The standard InChI is InChI=1S/C26H43N/c1-9-21(6)25(19-20(4)5)27-22(7)24(10-2)15-14-23-13-12-17-26(8,11-3)18-16-23/h12-13,15-18,20-21,25,27H,7,9-11,14,19H2,1-6,8H3/b24-15+. The SMILES string of the molecule is C=C(NC(CC(C)C)C(C)CC)/C(=C/CC1=CC=CC(C)(CC)C=C1)CC. The van der Waals surface area contributed by atoms with Crippen molar-refractivity contribution in [2.24, 2.45) is 17.3 Å². The Hall–Kier alpha value is -1.50. The molecule has 0 aliphatic heterocycles. The fourth-order valence-electron chi connectivity index (χ4n) is 3.44. The Balaban J connectivity index is 2.81. The Kier molecular flexibility index (Phi) is 9.91. The second-order valence-corrected chi connectivity index (χ2v) is 8.82. The third-order valence-electron chi connectivity index (χ3n) is 6.00. The van der Waals surface area contributed by atoms with Crippen molar-refractivity contribution in [2.45, 2.75) is 86.6 Å². The third kappa shape index (κ3) is 7.95. The molecule has 0 bridgehead atoms. The monoisotopic (exact) mass is 369 g/mol. The van der Waals surface area contributed by atoms with Crippen molar-refractivity contribution in [2.75, 3.05) is 0 Å². The highest BCUT2D eigenvalue weighted by Crippen LogP contribution is 2.28. The molecule has 27 heavy (non-hydrogen) atoms. The van der Waals surface area contributed by atoms with Gasteiger partial charge >= 0.3 is 0 Å². The molecule has 3 atom stereocenters. The first-order valence-corrected chi connectivity index (χ1v) is 11.0. The molecule has 1 aliphatic carbocycles. The molecule has 1 rings (SSSR count). The van der Waals surface area contributed by atoms with E-state index in [0.29, 0.717) is 17.9 Å². The zero-order chi connectivity index (χ0) is 20.4. The van der Waals surface area contributed by atoms with Crippen molar-refractivity contribution < 1.29 is 0 Å². The molecule has 0 amide bonds. The smallest absolute Gasteiger partial charge is 0.0298 e. The van der Waals surface area contributed by atoms with E-state index >= 15 is 0 Å². The lowest BCUT2D eigenvalue weighted by molar-refractivity contribution is 0.336. The van der Waals surface area contributed by atoms with E-state index in [9.17, 15) is 0 Å². The summed E-state index contributed by atoms with van der Waals surface area (Å²) in [6.45, 7) is 20.4. The predicted octanol–water partition coefficient (Wildman–Crippen LogP) is 7.75. The molecule has 0 spiro atoms. The molecule has 0 aromatic rings. The molecule has 0 aromatic heterocycles. The molecular formula is C26H43N. The fourth-order valence-corrected chi connectivity index (χ4v) is 3.44. The van der Waals surface area contributed by atoms with Crippen molar-refractivity contribution >= 4 is 0 Å².